The lowest BCUT2D eigenvalue weighted by Crippen LogP contribution is -2.38. The second-order valence-corrected chi connectivity index (χ2v) is 9.31. The van der Waals surface area contributed by atoms with Gasteiger partial charge in [-0.3, -0.25) is 9.59 Å². The van der Waals surface area contributed by atoms with Crippen molar-refractivity contribution < 1.29 is 19.1 Å². The molecule has 2 saturated heterocycles. The molecule has 0 saturated carbocycles. The zero-order valence-electron chi connectivity index (χ0n) is 20.4. The van der Waals surface area contributed by atoms with Gasteiger partial charge in [0.15, 0.2) is 0 Å². The van der Waals surface area contributed by atoms with Gasteiger partial charge >= 0.3 is 0 Å². The van der Waals surface area contributed by atoms with Crippen LogP contribution in [0.25, 0.3) is 0 Å². The van der Waals surface area contributed by atoms with Crippen LogP contribution in [0.5, 0.6) is 11.5 Å². The summed E-state index contributed by atoms with van der Waals surface area (Å²) in [6.07, 6.45) is 5.48. The number of carbonyl (C=O) groups is 2. The third kappa shape index (κ3) is 5.46. The Hall–Kier alpha value is -3.22. The van der Waals surface area contributed by atoms with Crippen LogP contribution in [0.3, 0.4) is 0 Å². The van der Waals surface area contributed by atoms with E-state index in [0.717, 1.165) is 57.5 Å². The van der Waals surface area contributed by atoms with E-state index in [9.17, 15) is 9.59 Å². The van der Waals surface area contributed by atoms with Gasteiger partial charge in [-0.25, -0.2) is 0 Å². The minimum atomic E-state index is -0.284. The van der Waals surface area contributed by atoms with Gasteiger partial charge < -0.3 is 24.6 Å². The van der Waals surface area contributed by atoms with E-state index in [1.807, 2.05) is 23.1 Å². The van der Waals surface area contributed by atoms with E-state index >= 15 is 0 Å². The van der Waals surface area contributed by atoms with Crippen LogP contribution in [0, 0.1) is 5.92 Å². The molecule has 2 aromatic carbocycles. The number of ether oxygens (including phenoxy) is 2. The van der Waals surface area contributed by atoms with Crippen molar-refractivity contribution in [2.45, 2.75) is 39.0 Å². The molecule has 2 fully saturated rings. The average Bonchev–Trinajstić information content (AvgIpc) is 2.89. The highest BCUT2D eigenvalue weighted by molar-refractivity contribution is 6.06. The van der Waals surface area contributed by atoms with Crippen LogP contribution in [-0.2, 0) is 0 Å². The van der Waals surface area contributed by atoms with Gasteiger partial charge in [0.2, 0.25) is 0 Å². The summed E-state index contributed by atoms with van der Waals surface area (Å²) >= 11 is 0. The molecule has 2 heterocycles. The first kappa shape index (κ1) is 23.9. The predicted molar refractivity (Wildman–Crippen MR) is 134 cm³/mol. The normalized spacial score (nSPS) is 16.8. The second-order valence-electron chi connectivity index (χ2n) is 9.31. The fourth-order valence-corrected chi connectivity index (χ4v) is 4.72. The molecule has 2 aliphatic heterocycles. The summed E-state index contributed by atoms with van der Waals surface area (Å²) in [6.45, 7) is 5.74. The Morgan fingerprint density at radius 1 is 0.882 bits per heavy atom. The molecule has 1 N–H and O–H groups in total. The first-order chi connectivity index (χ1) is 16.5. The monoisotopic (exact) mass is 465 g/mol. The second kappa shape index (κ2) is 10.8. The molecule has 182 valence electrons. The van der Waals surface area contributed by atoms with E-state index in [1.54, 1.807) is 32.4 Å². The highest BCUT2D eigenvalue weighted by Crippen LogP contribution is 2.31. The number of rotatable bonds is 6. The third-order valence-electron chi connectivity index (χ3n) is 6.87. The van der Waals surface area contributed by atoms with Crippen molar-refractivity contribution >= 4 is 23.2 Å². The van der Waals surface area contributed by atoms with E-state index in [1.165, 1.54) is 6.42 Å². The van der Waals surface area contributed by atoms with Gasteiger partial charge in [0.05, 0.1) is 19.8 Å². The fraction of sp³-hybridized carbons (Fsp3) is 0.481. The van der Waals surface area contributed by atoms with Crippen LogP contribution in [0.2, 0.25) is 0 Å². The van der Waals surface area contributed by atoms with Gasteiger partial charge in [0.1, 0.15) is 11.5 Å². The maximum atomic E-state index is 13.6. The van der Waals surface area contributed by atoms with E-state index in [4.69, 9.17) is 9.47 Å². The van der Waals surface area contributed by atoms with Crippen molar-refractivity contribution in [2.75, 3.05) is 50.6 Å². The van der Waals surface area contributed by atoms with Gasteiger partial charge in [0, 0.05) is 49.2 Å². The highest BCUT2D eigenvalue weighted by atomic mass is 16.5. The molecule has 34 heavy (non-hydrogen) atoms. The molecule has 0 spiro atoms. The Bertz CT molecular complexity index is 1000. The van der Waals surface area contributed by atoms with Gasteiger partial charge in [-0.1, -0.05) is 6.92 Å². The first-order valence-corrected chi connectivity index (χ1v) is 12.2. The number of nitrogens with one attached hydrogen (secondary N) is 1. The molecule has 2 amide bonds. The Labute approximate surface area is 202 Å². The number of anilines is 2. The molecule has 0 unspecified atom stereocenters. The number of hydrogen-bond donors (Lipinski definition) is 1. The van der Waals surface area contributed by atoms with Crippen molar-refractivity contribution in [3.8, 4) is 11.5 Å². The summed E-state index contributed by atoms with van der Waals surface area (Å²) in [5.74, 6) is 1.55. The molecule has 0 atom stereocenters. The summed E-state index contributed by atoms with van der Waals surface area (Å²) in [5.41, 5.74) is 2.65. The van der Waals surface area contributed by atoms with Gasteiger partial charge in [-0.15, -0.1) is 0 Å². The lowest BCUT2D eigenvalue weighted by Gasteiger charge is -2.35. The van der Waals surface area contributed by atoms with Gasteiger partial charge in [-0.05, 0) is 68.4 Å². The molecular weight excluding hydrogens is 430 g/mol. The molecule has 2 aromatic rings. The van der Waals surface area contributed by atoms with Crippen LogP contribution in [0.4, 0.5) is 11.4 Å². The van der Waals surface area contributed by atoms with E-state index in [2.05, 4.69) is 17.1 Å². The highest BCUT2D eigenvalue weighted by Gasteiger charge is 2.26. The molecule has 7 nitrogen and oxygen atoms in total. The van der Waals surface area contributed by atoms with Crippen molar-refractivity contribution in [3.63, 3.8) is 0 Å². The number of piperidine rings is 2. The molecule has 0 bridgehead atoms. The Kier molecular flexibility index (Phi) is 7.60. The smallest absolute Gasteiger partial charge is 0.256 e. The lowest BCUT2D eigenvalue weighted by atomic mass is 9.97. The number of hydrogen-bond acceptors (Lipinski definition) is 5. The minimum absolute atomic E-state index is 0.0486. The van der Waals surface area contributed by atoms with Crippen LogP contribution in [0.15, 0.2) is 36.4 Å². The molecule has 0 radical (unpaired) electrons. The Morgan fingerprint density at radius 2 is 1.53 bits per heavy atom. The summed E-state index contributed by atoms with van der Waals surface area (Å²) in [5, 5.41) is 2.96. The predicted octanol–water partition coefficient (Wildman–Crippen LogP) is 4.82. The molecule has 0 aromatic heterocycles. The van der Waals surface area contributed by atoms with Crippen LogP contribution in [-0.4, -0.2) is 57.1 Å². The summed E-state index contributed by atoms with van der Waals surface area (Å²) in [7, 11) is 3.10. The van der Waals surface area contributed by atoms with E-state index in [-0.39, 0.29) is 11.8 Å². The van der Waals surface area contributed by atoms with E-state index < -0.39 is 0 Å². The minimum Gasteiger partial charge on any atom is -0.497 e. The largest absolute Gasteiger partial charge is 0.497 e. The van der Waals surface area contributed by atoms with Crippen LogP contribution in [0.1, 0.15) is 59.7 Å². The van der Waals surface area contributed by atoms with Crippen molar-refractivity contribution in [1.29, 1.82) is 0 Å². The fourth-order valence-electron chi connectivity index (χ4n) is 4.72. The quantitative estimate of drug-likeness (QED) is 0.662. The zero-order valence-corrected chi connectivity index (χ0v) is 20.4. The van der Waals surface area contributed by atoms with Gasteiger partial charge in [-0.2, -0.15) is 0 Å². The summed E-state index contributed by atoms with van der Waals surface area (Å²) < 4.78 is 10.6. The summed E-state index contributed by atoms with van der Waals surface area (Å²) in [6, 6.07) is 10.8. The number of methoxy groups -OCH3 is 2. The van der Waals surface area contributed by atoms with Crippen LogP contribution >= 0.6 is 0 Å². The van der Waals surface area contributed by atoms with Crippen molar-refractivity contribution in [2.24, 2.45) is 5.92 Å². The molecular formula is C27H35N3O4. The number of likely N-dealkylation sites (tertiary alicyclic amines) is 1. The molecule has 7 heteroatoms. The lowest BCUT2D eigenvalue weighted by molar-refractivity contribution is 0.0724. The zero-order chi connectivity index (χ0) is 24.1. The number of carbonyl (C=O) groups excluding carboxylic acids is 2. The standard InChI is InChI=1S/C27H35N3O4/c1-19-9-13-29(14-10-19)25-8-7-21(17-24(25)27(32)30-11-5-4-6-12-30)28-26(31)20-15-22(33-2)18-23(16-20)34-3/h7-8,15-19H,4-6,9-14H2,1-3H3,(H,28,31). The number of benzene rings is 2. The topological polar surface area (TPSA) is 71.1 Å². The number of amides is 2. The van der Waals surface area contributed by atoms with Crippen molar-refractivity contribution in [3.05, 3.63) is 47.5 Å². The Morgan fingerprint density at radius 3 is 2.15 bits per heavy atom. The average molecular weight is 466 g/mol. The maximum Gasteiger partial charge on any atom is 0.256 e. The van der Waals surface area contributed by atoms with E-state index in [0.29, 0.717) is 34.2 Å². The third-order valence-corrected chi connectivity index (χ3v) is 6.87. The SMILES string of the molecule is COc1cc(OC)cc(C(=O)Nc2ccc(N3CCC(C)CC3)c(C(=O)N3CCCCC3)c2)c1. The summed E-state index contributed by atoms with van der Waals surface area (Å²) in [4.78, 5) is 30.9. The molecule has 4 rings (SSSR count). The molecule has 0 aliphatic carbocycles. The number of nitrogens with zero attached hydrogens (tertiary/aromatic N) is 2. The Balaban J connectivity index is 1.62. The maximum absolute atomic E-state index is 13.6. The molecule has 2 aliphatic rings. The van der Waals surface area contributed by atoms with Gasteiger partial charge in [0.25, 0.3) is 11.8 Å². The van der Waals surface area contributed by atoms with Crippen LogP contribution < -0.4 is 19.7 Å². The van der Waals surface area contributed by atoms with Crippen molar-refractivity contribution in [1.82, 2.24) is 4.90 Å². The first-order valence-electron chi connectivity index (χ1n) is 12.2.